The molecule has 208 valence electrons. The highest BCUT2D eigenvalue weighted by atomic mass is 79.9. The number of fused-ring (bicyclic) bond motifs is 2. The summed E-state index contributed by atoms with van der Waals surface area (Å²) >= 11 is 3.65. The molecule has 10 nitrogen and oxygen atoms in total. The standard InChI is InChI=1S/C30H29BrN8O2/c1-3-5-19-16-32-24-15-21(7-8-22(19)24)41-26-9-6-20(14-23(26)31)36-29-28-25(34-18-35-29)17-33-30(37-28)39-12-10-38(11-13-39)27(40)4-2/h4,6-9,14-19H,2-3,5,10-13H2,1H3,(H,34,35,36). The smallest absolute Gasteiger partial charge is 0.246 e. The summed E-state index contributed by atoms with van der Waals surface area (Å²) in [7, 11) is 0. The summed E-state index contributed by atoms with van der Waals surface area (Å²) < 4.78 is 6.98. The van der Waals surface area contributed by atoms with Crippen LogP contribution in [0.3, 0.4) is 0 Å². The molecule has 0 spiro atoms. The van der Waals surface area contributed by atoms with Gasteiger partial charge in [0.2, 0.25) is 11.9 Å². The first kappa shape index (κ1) is 26.8. The number of aromatic nitrogens is 4. The molecular weight excluding hydrogens is 584 g/mol. The van der Waals surface area contributed by atoms with E-state index in [9.17, 15) is 4.79 Å². The van der Waals surface area contributed by atoms with Gasteiger partial charge in [-0.15, -0.1) is 0 Å². The van der Waals surface area contributed by atoms with Crippen molar-refractivity contribution in [2.45, 2.75) is 25.7 Å². The van der Waals surface area contributed by atoms with E-state index in [0.717, 1.165) is 34.4 Å². The van der Waals surface area contributed by atoms with Crippen molar-refractivity contribution in [3.63, 3.8) is 0 Å². The van der Waals surface area contributed by atoms with Crippen LogP contribution < -0.4 is 15.0 Å². The van der Waals surface area contributed by atoms with Gasteiger partial charge in [-0.05, 0) is 58.3 Å². The van der Waals surface area contributed by atoms with Gasteiger partial charge in [0, 0.05) is 50.1 Å². The zero-order valence-electron chi connectivity index (χ0n) is 22.6. The minimum Gasteiger partial charge on any atom is -0.456 e. The number of benzene rings is 2. The van der Waals surface area contributed by atoms with Crippen LogP contribution in [0.15, 0.2) is 71.0 Å². The van der Waals surface area contributed by atoms with Gasteiger partial charge in [0.25, 0.3) is 0 Å². The first-order valence-corrected chi connectivity index (χ1v) is 14.4. The Hall–Kier alpha value is -4.38. The summed E-state index contributed by atoms with van der Waals surface area (Å²) in [6.45, 7) is 8.20. The Morgan fingerprint density at radius 3 is 2.78 bits per heavy atom. The number of nitrogens with one attached hydrogen (secondary N) is 1. The third kappa shape index (κ3) is 5.62. The average molecular weight is 614 g/mol. The van der Waals surface area contributed by atoms with Crippen molar-refractivity contribution in [2.75, 3.05) is 36.4 Å². The lowest BCUT2D eigenvalue weighted by Gasteiger charge is -2.34. The number of carbonyl (C=O) groups is 1. The molecule has 2 aliphatic rings. The molecule has 0 radical (unpaired) electrons. The molecular formula is C30H29BrN8O2. The van der Waals surface area contributed by atoms with Crippen molar-refractivity contribution in [1.29, 1.82) is 0 Å². The molecule has 0 bridgehead atoms. The molecule has 1 N–H and O–H groups in total. The summed E-state index contributed by atoms with van der Waals surface area (Å²) in [6, 6.07) is 11.9. The molecule has 1 saturated heterocycles. The maximum atomic E-state index is 11.9. The number of piperazine rings is 1. The second-order valence-electron chi connectivity index (χ2n) is 9.91. The van der Waals surface area contributed by atoms with Crippen molar-refractivity contribution >= 4 is 62.2 Å². The Morgan fingerprint density at radius 1 is 1.15 bits per heavy atom. The fourth-order valence-electron chi connectivity index (χ4n) is 5.07. The SMILES string of the molecule is C=CC(=O)N1CCN(c2ncc3ncnc(Nc4ccc(Oc5ccc6c(c5)N=CC6CCC)c(Br)c4)c3n2)CC1. The lowest BCUT2D eigenvalue weighted by atomic mass is 9.96. The first-order valence-electron chi connectivity index (χ1n) is 13.6. The number of halogens is 1. The van der Waals surface area contributed by atoms with Crippen molar-refractivity contribution in [2.24, 2.45) is 4.99 Å². The zero-order valence-corrected chi connectivity index (χ0v) is 24.2. The molecule has 1 atom stereocenters. The molecule has 0 saturated carbocycles. The Bertz CT molecular complexity index is 1650. The van der Waals surface area contributed by atoms with E-state index in [4.69, 9.17) is 9.72 Å². The molecule has 41 heavy (non-hydrogen) atoms. The van der Waals surface area contributed by atoms with E-state index >= 15 is 0 Å². The summed E-state index contributed by atoms with van der Waals surface area (Å²) in [5.41, 5.74) is 4.28. The number of amides is 1. The van der Waals surface area contributed by atoms with Crippen molar-refractivity contribution in [3.05, 3.63) is 71.6 Å². The summed E-state index contributed by atoms with van der Waals surface area (Å²) in [4.78, 5) is 38.4. The fraction of sp³-hybridized carbons (Fsp3) is 0.267. The average Bonchev–Trinajstić information content (AvgIpc) is 3.40. The van der Waals surface area contributed by atoms with Gasteiger partial charge in [0.1, 0.15) is 28.9 Å². The van der Waals surface area contributed by atoms with Crippen molar-refractivity contribution in [3.8, 4) is 11.5 Å². The number of ether oxygens (including phenoxy) is 1. The van der Waals surface area contributed by atoms with Gasteiger partial charge in [0.05, 0.1) is 16.4 Å². The molecule has 11 heteroatoms. The molecule has 2 aromatic heterocycles. The second-order valence-corrected chi connectivity index (χ2v) is 10.8. The number of nitrogens with zero attached hydrogens (tertiary/aromatic N) is 7. The van der Waals surface area contributed by atoms with Crippen LogP contribution in [0.4, 0.5) is 23.1 Å². The zero-order chi connectivity index (χ0) is 28.3. The van der Waals surface area contributed by atoms with Crippen molar-refractivity contribution in [1.82, 2.24) is 24.8 Å². The number of hydrogen-bond acceptors (Lipinski definition) is 9. The Kier molecular flexibility index (Phi) is 7.60. The summed E-state index contributed by atoms with van der Waals surface area (Å²) in [6.07, 6.45) is 8.79. The fourth-order valence-corrected chi connectivity index (χ4v) is 5.53. The van der Waals surface area contributed by atoms with E-state index < -0.39 is 0 Å². The van der Waals surface area contributed by atoms with Crippen LogP contribution in [0.2, 0.25) is 0 Å². The third-order valence-corrected chi connectivity index (χ3v) is 7.85. The Labute approximate surface area is 246 Å². The van der Waals surface area contributed by atoms with Crippen LogP contribution in [0.25, 0.3) is 11.0 Å². The number of carbonyl (C=O) groups excluding carboxylic acids is 1. The lowest BCUT2D eigenvalue weighted by Crippen LogP contribution is -2.48. The molecule has 4 aromatic rings. The molecule has 2 aromatic carbocycles. The normalized spacial score (nSPS) is 16.1. The minimum absolute atomic E-state index is 0.0615. The second kappa shape index (κ2) is 11.6. The van der Waals surface area contributed by atoms with Crippen LogP contribution in [-0.2, 0) is 4.79 Å². The van der Waals surface area contributed by atoms with Gasteiger partial charge in [-0.1, -0.05) is 26.0 Å². The number of hydrogen-bond donors (Lipinski definition) is 1. The Balaban J connectivity index is 1.18. The molecule has 0 aliphatic carbocycles. The molecule has 1 fully saturated rings. The molecule has 1 unspecified atom stereocenters. The number of aliphatic imine (C=N–C) groups is 1. The molecule has 2 aliphatic heterocycles. The van der Waals surface area contributed by atoms with E-state index in [1.165, 1.54) is 18.0 Å². The van der Waals surface area contributed by atoms with Crippen LogP contribution in [-0.4, -0.2) is 63.1 Å². The van der Waals surface area contributed by atoms with Gasteiger partial charge >= 0.3 is 0 Å². The van der Waals surface area contributed by atoms with E-state index in [1.54, 1.807) is 11.1 Å². The predicted octanol–water partition coefficient (Wildman–Crippen LogP) is 6.15. The van der Waals surface area contributed by atoms with Gasteiger partial charge < -0.3 is 19.9 Å². The van der Waals surface area contributed by atoms with Crippen LogP contribution in [0.5, 0.6) is 11.5 Å². The monoisotopic (exact) mass is 612 g/mol. The number of rotatable bonds is 8. The van der Waals surface area contributed by atoms with Gasteiger partial charge in [-0.25, -0.2) is 19.9 Å². The van der Waals surface area contributed by atoms with Crippen LogP contribution in [0, 0.1) is 0 Å². The number of anilines is 3. The van der Waals surface area contributed by atoms with Crippen molar-refractivity contribution < 1.29 is 9.53 Å². The summed E-state index contributed by atoms with van der Waals surface area (Å²) in [5, 5.41) is 3.36. The van der Waals surface area contributed by atoms with E-state index in [1.807, 2.05) is 36.5 Å². The Morgan fingerprint density at radius 2 is 2.00 bits per heavy atom. The largest absolute Gasteiger partial charge is 0.456 e. The third-order valence-electron chi connectivity index (χ3n) is 7.23. The summed E-state index contributed by atoms with van der Waals surface area (Å²) in [5.74, 6) is 2.89. The van der Waals surface area contributed by atoms with E-state index in [-0.39, 0.29) is 5.91 Å². The van der Waals surface area contributed by atoms with E-state index in [2.05, 4.69) is 65.7 Å². The minimum atomic E-state index is -0.0615. The predicted molar refractivity (Wildman–Crippen MR) is 164 cm³/mol. The van der Waals surface area contributed by atoms with Crippen LogP contribution in [0.1, 0.15) is 31.2 Å². The lowest BCUT2D eigenvalue weighted by molar-refractivity contribution is -0.126. The topological polar surface area (TPSA) is 109 Å². The highest BCUT2D eigenvalue weighted by molar-refractivity contribution is 9.10. The molecule has 6 rings (SSSR count). The molecule has 4 heterocycles. The quantitative estimate of drug-likeness (QED) is 0.236. The highest BCUT2D eigenvalue weighted by Crippen LogP contribution is 2.39. The van der Waals surface area contributed by atoms with Crippen LogP contribution >= 0.6 is 15.9 Å². The highest BCUT2D eigenvalue weighted by Gasteiger charge is 2.22. The first-order chi connectivity index (χ1) is 20.0. The van der Waals surface area contributed by atoms with Gasteiger partial charge in [-0.2, -0.15) is 0 Å². The van der Waals surface area contributed by atoms with Gasteiger partial charge in [-0.3, -0.25) is 9.79 Å². The molecule has 1 amide bonds. The van der Waals surface area contributed by atoms with E-state index in [0.29, 0.717) is 60.6 Å². The maximum Gasteiger partial charge on any atom is 0.246 e. The maximum absolute atomic E-state index is 11.9. The van der Waals surface area contributed by atoms with Gasteiger partial charge in [0.15, 0.2) is 5.82 Å².